The van der Waals surface area contributed by atoms with Crippen molar-refractivity contribution in [3.63, 3.8) is 0 Å². The first-order valence-corrected chi connectivity index (χ1v) is 9.45. The van der Waals surface area contributed by atoms with Crippen molar-refractivity contribution < 1.29 is 24.3 Å². The Morgan fingerprint density at radius 2 is 1.79 bits per heavy atom. The molecular weight excluding hydrogens is 428 g/mol. The van der Waals surface area contributed by atoms with Crippen LogP contribution in [0.25, 0.3) is 0 Å². The van der Waals surface area contributed by atoms with Gasteiger partial charge in [-0.1, -0.05) is 29.3 Å². The molecule has 144 valence electrons. The molecule has 3 rings (SSSR count). The summed E-state index contributed by atoms with van der Waals surface area (Å²) in [5.41, 5.74) is 0.465. The van der Waals surface area contributed by atoms with E-state index in [2.05, 4.69) is 21.2 Å². The standard InChI is InChI=1S/C20H17BrN2O5/c1-2-3-8-23-18(25)13-6-4-11(9-14(13)19(23)26)17(24)22-16-7-5-12(21)10-15(16)20(27)28/h4-7,9-10H,2-3,8H2,1H3,(H,22,24)(H,27,28)/p-1. The van der Waals surface area contributed by atoms with Gasteiger partial charge in [0.15, 0.2) is 0 Å². The lowest BCUT2D eigenvalue weighted by atomic mass is 10.0. The molecule has 0 saturated carbocycles. The summed E-state index contributed by atoms with van der Waals surface area (Å²) in [5.74, 6) is -2.83. The maximum atomic E-state index is 12.6. The van der Waals surface area contributed by atoms with Gasteiger partial charge in [0, 0.05) is 22.1 Å². The molecule has 1 heterocycles. The number of amides is 3. The highest BCUT2D eigenvalue weighted by molar-refractivity contribution is 9.10. The summed E-state index contributed by atoms with van der Waals surface area (Å²) in [7, 11) is 0. The lowest BCUT2D eigenvalue weighted by molar-refractivity contribution is -0.254. The van der Waals surface area contributed by atoms with Crippen molar-refractivity contribution in [1.82, 2.24) is 4.90 Å². The van der Waals surface area contributed by atoms with Gasteiger partial charge in [-0.05, 0) is 42.8 Å². The van der Waals surface area contributed by atoms with Gasteiger partial charge in [0.1, 0.15) is 0 Å². The van der Waals surface area contributed by atoms with E-state index in [0.29, 0.717) is 17.4 Å². The van der Waals surface area contributed by atoms with E-state index in [0.717, 1.165) is 6.42 Å². The second-order valence-electron chi connectivity index (χ2n) is 6.31. The van der Waals surface area contributed by atoms with E-state index < -0.39 is 17.8 Å². The van der Waals surface area contributed by atoms with Crippen molar-refractivity contribution in [1.29, 1.82) is 0 Å². The first kappa shape index (κ1) is 19.8. The maximum Gasteiger partial charge on any atom is 0.261 e. The molecule has 0 aliphatic carbocycles. The van der Waals surface area contributed by atoms with E-state index in [-0.39, 0.29) is 33.8 Å². The third-order valence-corrected chi connectivity index (χ3v) is 4.91. The Kier molecular flexibility index (Phi) is 5.60. The molecule has 1 N–H and O–H groups in total. The molecule has 2 aromatic carbocycles. The molecule has 7 nitrogen and oxygen atoms in total. The molecule has 1 aliphatic heterocycles. The monoisotopic (exact) mass is 443 g/mol. The van der Waals surface area contributed by atoms with Crippen LogP contribution in [0.4, 0.5) is 5.69 Å². The molecule has 0 aromatic heterocycles. The first-order valence-electron chi connectivity index (χ1n) is 8.66. The number of aromatic carboxylic acids is 1. The number of fused-ring (bicyclic) bond motifs is 1. The van der Waals surface area contributed by atoms with Crippen LogP contribution in [0.15, 0.2) is 40.9 Å². The molecule has 2 aromatic rings. The molecule has 0 fully saturated rings. The van der Waals surface area contributed by atoms with Gasteiger partial charge in [0.2, 0.25) is 0 Å². The van der Waals surface area contributed by atoms with Gasteiger partial charge in [-0.25, -0.2) is 0 Å². The lowest BCUT2D eigenvalue weighted by Gasteiger charge is -2.13. The zero-order valence-corrected chi connectivity index (χ0v) is 16.5. The van der Waals surface area contributed by atoms with E-state index >= 15 is 0 Å². The van der Waals surface area contributed by atoms with Crippen molar-refractivity contribution in [3.8, 4) is 0 Å². The number of rotatable bonds is 6. The van der Waals surface area contributed by atoms with E-state index in [1.54, 1.807) is 6.07 Å². The van der Waals surface area contributed by atoms with Gasteiger partial charge in [0.05, 0.1) is 22.8 Å². The number of carboxylic acid groups (broad SMARTS) is 1. The molecule has 28 heavy (non-hydrogen) atoms. The quantitative estimate of drug-likeness (QED) is 0.689. The molecule has 0 bridgehead atoms. The van der Waals surface area contributed by atoms with Gasteiger partial charge in [-0.3, -0.25) is 19.3 Å². The Balaban J connectivity index is 1.87. The zero-order valence-electron chi connectivity index (χ0n) is 15.0. The van der Waals surface area contributed by atoms with Gasteiger partial charge in [0.25, 0.3) is 17.7 Å². The van der Waals surface area contributed by atoms with E-state index in [4.69, 9.17) is 0 Å². The Morgan fingerprint density at radius 1 is 1.07 bits per heavy atom. The van der Waals surface area contributed by atoms with E-state index in [9.17, 15) is 24.3 Å². The second-order valence-corrected chi connectivity index (χ2v) is 7.22. The molecule has 1 aliphatic rings. The normalized spacial score (nSPS) is 12.9. The van der Waals surface area contributed by atoms with Crippen molar-refractivity contribution >= 4 is 45.3 Å². The summed E-state index contributed by atoms with van der Waals surface area (Å²) in [6.07, 6.45) is 1.55. The minimum Gasteiger partial charge on any atom is -0.545 e. The van der Waals surface area contributed by atoms with Crippen molar-refractivity contribution in [3.05, 3.63) is 63.1 Å². The van der Waals surface area contributed by atoms with Crippen LogP contribution in [0.3, 0.4) is 0 Å². The lowest BCUT2D eigenvalue weighted by Crippen LogP contribution is -2.30. The second kappa shape index (κ2) is 7.93. The number of nitrogens with zero attached hydrogens (tertiary/aromatic N) is 1. The van der Waals surface area contributed by atoms with Crippen LogP contribution in [0.5, 0.6) is 0 Å². The molecule has 0 spiro atoms. The molecule has 0 unspecified atom stereocenters. The van der Waals surface area contributed by atoms with Gasteiger partial charge in [-0.15, -0.1) is 0 Å². The third kappa shape index (κ3) is 3.68. The number of carbonyl (C=O) groups excluding carboxylic acids is 4. The van der Waals surface area contributed by atoms with Crippen LogP contribution in [-0.2, 0) is 0 Å². The highest BCUT2D eigenvalue weighted by Crippen LogP contribution is 2.26. The van der Waals surface area contributed by atoms with Gasteiger partial charge in [-0.2, -0.15) is 0 Å². The zero-order chi connectivity index (χ0) is 20.4. The number of hydrogen-bond donors (Lipinski definition) is 1. The largest absolute Gasteiger partial charge is 0.545 e. The van der Waals surface area contributed by atoms with Crippen LogP contribution in [0.1, 0.15) is 61.2 Å². The average Bonchev–Trinajstić information content (AvgIpc) is 2.91. The van der Waals surface area contributed by atoms with Crippen LogP contribution in [-0.4, -0.2) is 35.1 Å². The number of nitrogens with one attached hydrogen (secondary N) is 1. The first-order chi connectivity index (χ1) is 13.3. The Hall–Kier alpha value is -3.00. The topological polar surface area (TPSA) is 107 Å². The Bertz CT molecular complexity index is 1000. The van der Waals surface area contributed by atoms with E-state index in [1.807, 2.05) is 6.92 Å². The summed E-state index contributed by atoms with van der Waals surface area (Å²) >= 11 is 3.17. The summed E-state index contributed by atoms with van der Waals surface area (Å²) in [6.45, 7) is 2.29. The molecule has 0 radical (unpaired) electrons. The summed E-state index contributed by atoms with van der Waals surface area (Å²) in [6, 6.07) is 8.56. The van der Waals surface area contributed by atoms with Crippen LogP contribution >= 0.6 is 15.9 Å². The van der Waals surface area contributed by atoms with E-state index in [1.165, 1.54) is 35.2 Å². The highest BCUT2D eigenvalue weighted by Gasteiger charge is 2.35. The van der Waals surface area contributed by atoms with Crippen molar-refractivity contribution in [2.45, 2.75) is 19.8 Å². The summed E-state index contributed by atoms with van der Waals surface area (Å²) < 4.78 is 0.526. The number of benzene rings is 2. The predicted octanol–water partition coefficient (Wildman–Crippen LogP) is 2.46. The van der Waals surface area contributed by atoms with Crippen LogP contribution in [0, 0.1) is 0 Å². The molecular formula is C20H16BrN2O5-. The summed E-state index contributed by atoms with van der Waals surface area (Å²) in [5, 5.41) is 13.8. The summed E-state index contributed by atoms with van der Waals surface area (Å²) in [4.78, 5) is 49.9. The molecule has 8 heteroatoms. The van der Waals surface area contributed by atoms with Crippen LogP contribution < -0.4 is 10.4 Å². The van der Waals surface area contributed by atoms with Crippen molar-refractivity contribution in [2.75, 3.05) is 11.9 Å². The highest BCUT2D eigenvalue weighted by atomic mass is 79.9. The Labute approximate surface area is 169 Å². The third-order valence-electron chi connectivity index (χ3n) is 4.42. The average molecular weight is 444 g/mol. The number of imide groups is 1. The van der Waals surface area contributed by atoms with Crippen molar-refractivity contribution in [2.24, 2.45) is 0 Å². The molecule has 0 atom stereocenters. The fourth-order valence-corrected chi connectivity index (χ4v) is 3.30. The van der Waals surface area contributed by atoms with Gasteiger partial charge < -0.3 is 15.2 Å². The number of carbonyl (C=O) groups is 4. The van der Waals surface area contributed by atoms with Gasteiger partial charge >= 0.3 is 0 Å². The molecule has 0 saturated heterocycles. The number of carboxylic acids is 1. The predicted molar refractivity (Wildman–Crippen MR) is 103 cm³/mol. The fraction of sp³-hybridized carbons (Fsp3) is 0.200. The maximum absolute atomic E-state index is 12.6. The van der Waals surface area contributed by atoms with Crippen LogP contribution in [0.2, 0.25) is 0 Å². The smallest absolute Gasteiger partial charge is 0.261 e. The minimum atomic E-state index is -1.43. The number of halogens is 1. The number of unbranched alkanes of at least 4 members (excludes halogenated alkanes) is 1. The SMILES string of the molecule is CCCCN1C(=O)c2ccc(C(=O)Nc3ccc(Br)cc3C(=O)[O-])cc2C1=O. The number of anilines is 1. The Morgan fingerprint density at radius 3 is 2.46 bits per heavy atom. The fourth-order valence-electron chi connectivity index (χ4n) is 2.94. The minimum absolute atomic E-state index is 0.0701. The molecule has 3 amide bonds. The number of hydrogen-bond acceptors (Lipinski definition) is 5.